The molecule has 4 aromatic carbocycles. The van der Waals surface area contributed by atoms with Crippen molar-refractivity contribution in [2.45, 2.75) is 31.8 Å². The first-order chi connectivity index (χ1) is 18.8. The van der Waals surface area contributed by atoms with Crippen LogP contribution in [0.5, 0.6) is 5.75 Å². The molecule has 0 saturated carbocycles. The Morgan fingerprint density at radius 1 is 0.795 bits per heavy atom. The Hall–Kier alpha value is -4.17. The Balaban J connectivity index is 1.45. The number of ether oxygens (including phenoxy) is 1. The summed E-state index contributed by atoms with van der Waals surface area (Å²) in [6, 6.07) is 30.7. The van der Waals surface area contributed by atoms with E-state index in [0.717, 1.165) is 17.2 Å². The molecule has 0 N–H and O–H groups in total. The van der Waals surface area contributed by atoms with Gasteiger partial charge in [0, 0.05) is 19.0 Å². The van der Waals surface area contributed by atoms with Gasteiger partial charge in [-0.2, -0.15) is 13.2 Å². The summed E-state index contributed by atoms with van der Waals surface area (Å²) in [5.74, 6) is 0.251. The second-order valence-electron chi connectivity index (χ2n) is 9.22. The van der Waals surface area contributed by atoms with Gasteiger partial charge in [-0.1, -0.05) is 84.9 Å². The van der Waals surface area contributed by atoms with Crippen LogP contribution in [0, 0.1) is 0 Å². The van der Waals surface area contributed by atoms with Gasteiger partial charge < -0.3 is 9.64 Å². The number of hydrogen-bond acceptors (Lipinski definition) is 3. The van der Waals surface area contributed by atoms with Crippen molar-refractivity contribution in [3.05, 3.63) is 131 Å². The summed E-state index contributed by atoms with van der Waals surface area (Å²) in [4.78, 5) is 16.8. The van der Waals surface area contributed by atoms with E-state index in [1.54, 1.807) is 35.2 Å². The maximum Gasteiger partial charge on any atom is 0.416 e. The number of nitrogens with zero attached hydrogens (tertiary/aromatic N) is 2. The minimum Gasteiger partial charge on any atom is -0.489 e. The lowest BCUT2D eigenvalue weighted by molar-refractivity contribution is -0.138. The molecule has 1 saturated heterocycles. The van der Waals surface area contributed by atoms with E-state index in [1.807, 2.05) is 60.7 Å². The predicted octanol–water partition coefficient (Wildman–Crippen LogP) is 7.03. The van der Waals surface area contributed by atoms with Crippen LogP contribution in [0.15, 0.2) is 109 Å². The van der Waals surface area contributed by atoms with Crippen LogP contribution < -0.4 is 9.64 Å². The van der Waals surface area contributed by atoms with Crippen molar-refractivity contribution < 1.29 is 22.7 Å². The first-order valence-corrected chi connectivity index (χ1v) is 12.8. The molecule has 0 unspecified atom stereocenters. The molecule has 0 spiro atoms. The fourth-order valence-corrected chi connectivity index (χ4v) is 5.05. The quantitative estimate of drug-likeness (QED) is 0.222. The fourth-order valence-electron chi connectivity index (χ4n) is 4.66. The van der Waals surface area contributed by atoms with Crippen molar-refractivity contribution in [2.75, 3.05) is 4.90 Å². The second kappa shape index (κ2) is 11.3. The zero-order chi connectivity index (χ0) is 27.4. The van der Waals surface area contributed by atoms with Crippen molar-refractivity contribution in [1.29, 1.82) is 0 Å². The molecule has 4 nitrogen and oxygen atoms in total. The fraction of sp³-hybridized carbons (Fsp3) is 0.161. The lowest BCUT2D eigenvalue weighted by atomic mass is 10.0. The van der Waals surface area contributed by atoms with Crippen LogP contribution in [-0.4, -0.2) is 22.0 Å². The molecule has 1 amide bonds. The first-order valence-electron chi connectivity index (χ1n) is 12.4. The van der Waals surface area contributed by atoms with Crippen LogP contribution in [0.2, 0.25) is 0 Å². The SMILES string of the molecule is O=C1[C@H](Cc2ccccc2)N(Cc2ccccc2C(F)(F)F)C(=S)N1c1cccc(OCc2ccccc2)c1. The second-order valence-corrected chi connectivity index (χ2v) is 9.58. The molecule has 198 valence electrons. The summed E-state index contributed by atoms with van der Waals surface area (Å²) < 4.78 is 47.3. The third-order valence-corrected chi connectivity index (χ3v) is 7.00. The highest BCUT2D eigenvalue weighted by Gasteiger charge is 2.44. The van der Waals surface area contributed by atoms with Crippen LogP contribution in [0.3, 0.4) is 0 Å². The minimum absolute atomic E-state index is 0.0556. The van der Waals surface area contributed by atoms with Gasteiger partial charge in [-0.05, 0) is 47.1 Å². The Kier molecular flexibility index (Phi) is 7.65. The van der Waals surface area contributed by atoms with Gasteiger partial charge in [-0.3, -0.25) is 9.69 Å². The van der Waals surface area contributed by atoms with Crippen LogP contribution in [0.25, 0.3) is 0 Å². The Labute approximate surface area is 230 Å². The van der Waals surface area contributed by atoms with E-state index in [4.69, 9.17) is 17.0 Å². The van der Waals surface area contributed by atoms with E-state index in [9.17, 15) is 18.0 Å². The van der Waals surface area contributed by atoms with E-state index >= 15 is 0 Å². The van der Waals surface area contributed by atoms with Crippen molar-refractivity contribution in [2.24, 2.45) is 0 Å². The number of thiocarbonyl (C=S) groups is 1. The summed E-state index contributed by atoms with van der Waals surface area (Å²) in [7, 11) is 0. The van der Waals surface area contributed by atoms with Gasteiger partial charge in [0.25, 0.3) is 5.91 Å². The molecule has 0 radical (unpaired) electrons. The molecule has 1 atom stereocenters. The Bertz CT molecular complexity index is 1460. The van der Waals surface area contributed by atoms with Crippen molar-refractivity contribution in [3.63, 3.8) is 0 Å². The van der Waals surface area contributed by atoms with Crippen LogP contribution in [0.1, 0.15) is 22.3 Å². The van der Waals surface area contributed by atoms with Gasteiger partial charge in [-0.25, -0.2) is 0 Å². The smallest absolute Gasteiger partial charge is 0.416 e. The van der Waals surface area contributed by atoms with Gasteiger partial charge in [0.1, 0.15) is 18.4 Å². The van der Waals surface area contributed by atoms with Crippen molar-refractivity contribution in [3.8, 4) is 5.75 Å². The number of alkyl halides is 3. The van der Waals surface area contributed by atoms with Crippen LogP contribution in [0.4, 0.5) is 18.9 Å². The number of carbonyl (C=O) groups excluding carboxylic acids is 1. The highest BCUT2D eigenvalue weighted by Crippen LogP contribution is 2.35. The number of benzene rings is 4. The topological polar surface area (TPSA) is 32.8 Å². The molecule has 1 aliphatic rings. The van der Waals surface area contributed by atoms with Gasteiger partial charge in [0.15, 0.2) is 5.11 Å². The van der Waals surface area contributed by atoms with E-state index in [-0.39, 0.29) is 23.1 Å². The highest BCUT2D eigenvalue weighted by atomic mass is 32.1. The maximum absolute atomic E-state index is 13.8. The van der Waals surface area contributed by atoms with E-state index in [1.165, 1.54) is 17.0 Å². The monoisotopic (exact) mass is 546 g/mol. The molecule has 0 bridgehead atoms. The molecule has 0 aromatic heterocycles. The van der Waals surface area contributed by atoms with Crippen LogP contribution >= 0.6 is 12.2 Å². The molecular formula is C31H25F3N2O2S. The molecule has 5 rings (SSSR count). The van der Waals surface area contributed by atoms with Gasteiger partial charge in [0.05, 0.1) is 11.3 Å². The molecule has 1 heterocycles. The summed E-state index contributed by atoms with van der Waals surface area (Å²) in [6.07, 6.45) is -4.23. The maximum atomic E-state index is 13.8. The van der Waals surface area contributed by atoms with Gasteiger partial charge >= 0.3 is 6.18 Å². The zero-order valence-corrected chi connectivity index (χ0v) is 21.7. The lowest BCUT2D eigenvalue weighted by Gasteiger charge is -2.26. The third kappa shape index (κ3) is 5.96. The van der Waals surface area contributed by atoms with E-state index in [2.05, 4.69) is 0 Å². The summed E-state index contributed by atoms with van der Waals surface area (Å²) >= 11 is 5.74. The highest BCUT2D eigenvalue weighted by molar-refractivity contribution is 7.80. The molecule has 8 heteroatoms. The number of rotatable bonds is 8. The molecule has 1 aliphatic heterocycles. The number of carbonyl (C=O) groups is 1. The summed E-state index contributed by atoms with van der Waals surface area (Å²) in [6.45, 7) is 0.193. The number of amides is 1. The summed E-state index contributed by atoms with van der Waals surface area (Å²) in [5, 5.41) is 0.151. The van der Waals surface area contributed by atoms with Gasteiger partial charge in [0.2, 0.25) is 0 Å². The minimum atomic E-state index is -4.53. The van der Waals surface area contributed by atoms with Crippen molar-refractivity contribution in [1.82, 2.24) is 4.90 Å². The standard InChI is InChI=1S/C31H25F3N2O2S/c32-31(33,34)27-17-8-7-14-24(27)20-35-28(18-22-10-3-1-4-11-22)29(37)36(30(35)39)25-15-9-16-26(19-25)38-21-23-12-5-2-6-13-23/h1-17,19,28H,18,20-21H2/t28-/m0/s1. The average Bonchev–Trinajstić information content (AvgIpc) is 3.17. The first kappa shape index (κ1) is 26.4. The zero-order valence-electron chi connectivity index (χ0n) is 20.8. The predicted molar refractivity (Wildman–Crippen MR) is 148 cm³/mol. The Morgan fingerprint density at radius 2 is 1.44 bits per heavy atom. The summed E-state index contributed by atoms with van der Waals surface area (Å²) in [5.41, 5.74) is 1.69. The van der Waals surface area contributed by atoms with Crippen molar-refractivity contribution >= 4 is 28.9 Å². The molecule has 1 fully saturated rings. The lowest BCUT2D eigenvalue weighted by Crippen LogP contribution is -2.36. The molecule has 4 aromatic rings. The largest absolute Gasteiger partial charge is 0.489 e. The molecular weight excluding hydrogens is 521 g/mol. The van der Waals surface area contributed by atoms with Crippen LogP contribution in [-0.2, 0) is 30.5 Å². The number of hydrogen-bond donors (Lipinski definition) is 0. The number of anilines is 1. The third-order valence-electron chi connectivity index (χ3n) is 6.58. The molecule has 0 aliphatic carbocycles. The Morgan fingerprint density at radius 3 is 2.13 bits per heavy atom. The van der Waals surface area contributed by atoms with E-state index in [0.29, 0.717) is 24.5 Å². The molecule has 39 heavy (non-hydrogen) atoms. The van der Waals surface area contributed by atoms with Gasteiger partial charge in [-0.15, -0.1) is 0 Å². The normalized spacial score (nSPS) is 15.6. The number of halogens is 3. The average molecular weight is 547 g/mol. The van der Waals surface area contributed by atoms with E-state index < -0.39 is 17.8 Å².